The zero-order valence-electron chi connectivity index (χ0n) is 10.0. The van der Waals surface area contributed by atoms with Crippen LogP contribution in [0.15, 0.2) is 47.6 Å². The van der Waals surface area contributed by atoms with Crippen LogP contribution in [0.5, 0.6) is 0 Å². The summed E-state index contributed by atoms with van der Waals surface area (Å²) in [5, 5.41) is 0.681. The topological polar surface area (TPSA) is 30.0 Å². The molecule has 2 nitrogen and oxygen atoms in total. The third-order valence-corrected chi connectivity index (χ3v) is 4.06. The molecule has 0 radical (unpaired) electrons. The van der Waals surface area contributed by atoms with Crippen LogP contribution in [0.2, 0.25) is 5.02 Å². The van der Waals surface area contributed by atoms with Gasteiger partial charge in [0.05, 0.1) is 22.1 Å². The molecular formula is C13H9ClF3NOS. The predicted octanol–water partition coefficient (Wildman–Crippen LogP) is 4.06. The van der Waals surface area contributed by atoms with Crippen molar-refractivity contribution in [1.29, 1.82) is 0 Å². The van der Waals surface area contributed by atoms with Crippen molar-refractivity contribution in [3.63, 3.8) is 0 Å². The number of pyridine rings is 1. The summed E-state index contributed by atoms with van der Waals surface area (Å²) in [6.45, 7) is 0. The van der Waals surface area contributed by atoms with Gasteiger partial charge in [0.15, 0.2) is 0 Å². The zero-order valence-corrected chi connectivity index (χ0v) is 11.6. The Bertz CT molecular complexity index is 611. The standard InChI is InChI=1S/C13H9ClF3NOS/c14-11-4-1-9(2-5-11)8-20(19)12-6-3-10(7-18-12)13(15,16)17/h1-7H,8H2. The van der Waals surface area contributed by atoms with E-state index < -0.39 is 22.5 Å². The van der Waals surface area contributed by atoms with Gasteiger partial charge >= 0.3 is 6.18 Å². The Morgan fingerprint density at radius 3 is 2.25 bits per heavy atom. The highest BCUT2D eigenvalue weighted by atomic mass is 35.5. The fourth-order valence-corrected chi connectivity index (χ4v) is 2.65. The van der Waals surface area contributed by atoms with Crippen molar-refractivity contribution >= 4 is 22.4 Å². The van der Waals surface area contributed by atoms with Crippen molar-refractivity contribution < 1.29 is 17.4 Å². The van der Waals surface area contributed by atoms with Crippen LogP contribution in [-0.2, 0) is 22.7 Å². The summed E-state index contributed by atoms with van der Waals surface area (Å²) in [6, 6.07) is 8.76. The molecule has 0 aliphatic carbocycles. The zero-order chi connectivity index (χ0) is 14.8. The number of rotatable bonds is 3. The van der Waals surface area contributed by atoms with Crippen LogP contribution < -0.4 is 0 Å². The number of hydrogen-bond donors (Lipinski definition) is 0. The first kappa shape index (κ1) is 15.0. The van der Waals surface area contributed by atoms with E-state index in [1.54, 1.807) is 24.3 Å². The van der Waals surface area contributed by atoms with Crippen molar-refractivity contribution in [3.05, 3.63) is 58.7 Å². The van der Waals surface area contributed by atoms with E-state index in [4.69, 9.17) is 11.6 Å². The van der Waals surface area contributed by atoms with Gasteiger partial charge in [0.1, 0.15) is 5.03 Å². The van der Waals surface area contributed by atoms with Crippen molar-refractivity contribution in [2.75, 3.05) is 0 Å². The lowest BCUT2D eigenvalue weighted by atomic mass is 10.2. The molecule has 2 rings (SSSR count). The van der Waals surface area contributed by atoms with Crippen molar-refractivity contribution in [2.24, 2.45) is 0 Å². The summed E-state index contributed by atoms with van der Waals surface area (Å²) in [5.41, 5.74) is -0.0841. The molecule has 0 aliphatic heterocycles. The molecule has 0 bridgehead atoms. The lowest BCUT2D eigenvalue weighted by Gasteiger charge is -2.07. The van der Waals surface area contributed by atoms with E-state index in [1.165, 1.54) is 0 Å². The second-order valence-electron chi connectivity index (χ2n) is 4.00. The maximum absolute atomic E-state index is 12.4. The fourth-order valence-electron chi connectivity index (χ4n) is 1.49. The molecule has 0 N–H and O–H groups in total. The van der Waals surface area contributed by atoms with Crippen LogP contribution in [0, 0.1) is 0 Å². The second-order valence-corrected chi connectivity index (χ2v) is 5.83. The summed E-state index contributed by atoms with van der Waals surface area (Å²) in [7, 11) is -1.50. The normalized spacial score (nSPS) is 13.2. The van der Waals surface area contributed by atoms with Gasteiger partial charge in [-0.3, -0.25) is 4.21 Å². The highest BCUT2D eigenvalue weighted by molar-refractivity contribution is 7.84. The Hall–Kier alpha value is -1.40. The van der Waals surface area contributed by atoms with E-state index in [0.717, 1.165) is 17.7 Å². The monoisotopic (exact) mass is 319 g/mol. The molecule has 0 saturated carbocycles. The maximum Gasteiger partial charge on any atom is 0.417 e. The number of alkyl halides is 3. The molecule has 0 saturated heterocycles. The molecule has 106 valence electrons. The highest BCUT2D eigenvalue weighted by Gasteiger charge is 2.30. The largest absolute Gasteiger partial charge is 0.417 e. The van der Waals surface area contributed by atoms with Gasteiger partial charge < -0.3 is 0 Å². The molecule has 1 unspecified atom stereocenters. The van der Waals surface area contributed by atoms with Crippen LogP contribution in [0.25, 0.3) is 0 Å². The quantitative estimate of drug-likeness (QED) is 0.854. The van der Waals surface area contributed by atoms with Crippen LogP contribution in [0.1, 0.15) is 11.1 Å². The van der Waals surface area contributed by atoms with E-state index in [2.05, 4.69) is 4.98 Å². The Balaban J connectivity index is 2.11. The van der Waals surface area contributed by atoms with Gasteiger partial charge in [0.2, 0.25) is 0 Å². The molecule has 1 aromatic carbocycles. The van der Waals surface area contributed by atoms with Crippen LogP contribution in [0.3, 0.4) is 0 Å². The Morgan fingerprint density at radius 2 is 1.75 bits per heavy atom. The summed E-state index contributed by atoms with van der Waals surface area (Å²) in [4.78, 5) is 3.61. The van der Waals surface area contributed by atoms with Crippen LogP contribution in [-0.4, -0.2) is 9.19 Å². The molecular weight excluding hydrogens is 311 g/mol. The molecule has 1 heterocycles. The maximum atomic E-state index is 12.4. The van der Waals surface area contributed by atoms with Crippen LogP contribution >= 0.6 is 11.6 Å². The molecule has 0 spiro atoms. The summed E-state index contributed by atoms with van der Waals surface area (Å²) >= 11 is 5.73. The minimum atomic E-state index is -4.44. The number of hydrogen-bond acceptors (Lipinski definition) is 2. The Kier molecular flexibility index (Phi) is 4.45. The summed E-state index contributed by atoms with van der Waals surface area (Å²) in [6.07, 6.45) is -3.75. The first-order valence-corrected chi connectivity index (χ1v) is 7.22. The molecule has 0 amide bonds. The van der Waals surface area contributed by atoms with E-state index in [9.17, 15) is 17.4 Å². The minimum Gasteiger partial charge on any atom is -0.252 e. The lowest BCUT2D eigenvalue weighted by Crippen LogP contribution is -2.07. The second kappa shape index (κ2) is 5.93. The molecule has 0 aliphatic rings. The van der Waals surface area contributed by atoms with Crippen molar-refractivity contribution in [3.8, 4) is 0 Å². The number of aromatic nitrogens is 1. The van der Waals surface area contributed by atoms with Gasteiger partial charge in [-0.05, 0) is 29.8 Å². The van der Waals surface area contributed by atoms with E-state index in [0.29, 0.717) is 11.2 Å². The summed E-state index contributed by atoms with van der Waals surface area (Å²) < 4.78 is 49.1. The first-order chi connectivity index (χ1) is 9.36. The van der Waals surface area contributed by atoms with Crippen molar-refractivity contribution in [1.82, 2.24) is 4.98 Å². The third kappa shape index (κ3) is 3.80. The lowest BCUT2D eigenvalue weighted by molar-refractivity contribution is -0.137. The van der Waals surface area contributed by atoms with E-state index in [-0.39, 0.29) is 10.8 Å². The summed E-state index contributed by atoms with van der Waals surface area (Å²) in [5.74, 6) is 0.176. The molecule has 7 heteroatoms. The SMILES string of the molecule is O=S(Cc1ccc(Cl)cc1)c1ccc(C(F)(F)F)cn1. The average molecular weight is 320 g/mol. The average Bonchev–Trinajstić information content (AvgIpc) is 2.40. The van der Waals surface area contributed by atoms with Gasteiger partial charge in [0.25, 0.3) is 0 Å². The Morgan fingerprint density at radius 1 is 1.10 bits per heavy atom. The highest BCUT2D eigenvalue weighted by Crippen LogP contribution is 2.28. The molecule has 2 aromatic rings. The van der Waals surface area contributed by atoms with Gasteiger partial charge in [-0.15, -0.1) is 0 Å². The van der Waals surface area contributed by atoms with Gasteiger partial charge in [-0.2, -0.15) is 13.2 Å². The van der Waals surface area contributed by atoms with E-state index in [1.807, 2.05) is 0 Å². The van der Waals surface area contributed by atoms with Crippen LogP contribution in [0.4, 0.5) is 13.2 Å². The number of benzene rings is 1. The molecule has 20 heavy (non-hydrogen) atoms. The van der Waals surface area contributed by atoms with Gasteiger partial charge in [-0.25, -0.2) is 4.98 Å². The first-order valence-electron chi connectivity index (χ1n) is 5.52. The molecule has 1 aromatic heterocycles. The van der Waals surface area contributed by atoms with Gasteiger partial charge in [-0.1, -0.05) is 23.7 Å². The minimum absolute atomic E-state index is 0.118. The predicted molar refractivity (Wildman–Crippen MR) is 70.8 cm³/mol. The number of nitrogens with zero attached hydrogens (tertiary/aromatic N) is 1. The van der Waals surface area contributed by atoms with Gasteiger partial charge in [0, 0.05) is 11.2 Å². The van der Waals surface area contributed by atoms with Crippen molar-refractivity contribution in [2.45, 2.75) is 17.0 Å². The fraction of sp³-hybridized carbons (Fsp3) is 0.154. The Labute approximate surface area is 121 Å². The third-order valence-electron chi connectivity index (χ3n) is 2.51. The molecule has 0 fully saturated rings. The smallest absolute Gasteiger partial charge is 0.252 e. The van der Waals surface area contributed by atoms with E-state index >= 15 is 0 Å². The number of halogens is 4. The molecule has 1 atom stereocenters.